The number of para-hydroxylation sites is 2. The average molecular weight is 309 g/mol. The highest BCUT2D eigenvalue weighted by atomic mass is 32.2. The summed E-state index contributed by atoms with van der Waals surface area (Å²) in [4.78, 5) is 2.58. The Morgan fingerprint density at radius 2 is 1.90 bits per heavy atom. The first-order valence-corrected chi connectivity index (χ1v) is 9.48. The van der Waals surface area contributed by atoms with Crippen LogP contribution < -0.4 is 10.0 Å². The monoisotopic (exact) mass is 309 g/mol. The molecule has 2 saturated heterocycles. The molecule has 2 atom stereocenters. The molecule has 3 rings (SSSR count). The van der Waals surface area contributed by atoms with E-state index in [0.717, 1.165) is 25.1 Å². The molecule has 116 valence electrons. The van der Waals surface area contributed by atoms with Crippen molar-refractivity contribution in [2.45, 2.75) is 37.8 Å². The standard InChI is InChI=1S/C15H23N3O2S/c1-21(19,20)17-15-7-3-2-6-14(15)16-12-8-10-18-9-4-5-13(18)11-12/h2-3,6-7,12-13,16-17H,4-5,8-11H2,1H3. The molecule has 21 heavy (non-hydrogen) atoms. The van der Waals surface area contributed by atoms with E-state index in [0.29, 0.717) is 17.8 Å². The lowest BCUT2D eigenvalue weighted by Crippen LogP contribution is -2.42. The third kappa shape index (κ3) is 3.68. The summed E-state index contributed by atoms with van der Waals surface area (Å²) in [6.45, 7) is 2.38. The van der Waals surface area contributed by atoms with Gasteiger partial charge in [0.1, 0.15) is 0 Å². The van der Waals surface area contributed by atoms with Gasteiger partial charge in [-0.3, -0.25) is 4.72 Å². The molecule has 0 bridgehead atoms. The van der Waals surface area contributed by atoms with E-state index in [1.54, 1.807) is 6.07 Å². The Labute approximate surface area is 126 Å². The van der Waals surface area contributed by atoms with Gasteiger partial charge in [0, 0.05) is 18.6 Å². The van der Waals surface area contributed by atoms with E-state index < -0.39 is 10.0 Å². The Kier molecular flexibility index (Phi) is 4.08. The molecule has 1 aromatic carbocycles. The molecule has 0 aliphatic carbocycles. The summed E-state index contributed by atoms with van der Waals surface area (Å²) in [5, 5.41) is 3.53. The van der Waals surface area contributed by atoms with Crippen molar-refractivity contribution in [1.82, 2.24) is 4.90 Å². The molecule has 5 nitrogen and oxygen atoms in total. The summed E-state index contributed by atoms with van der Waals surface area (Å²) in [7, 11) is -3.25. The SMILES string of the molecule is CS(=O)(=O)Nc1ccccc1NC1CCN2CCCC2C1. The average Bonchev–Trinajstić information content (AvgIpc) is 2.87. The number of hydrogen-bond donors (Lipinski definition) is 2. The van der Waals surface area contributed by atoms with Gasteiger partial charge in [-0.2, -0.15) is 0 Å². The predicted molar refractivity (Wildman–Crippen MR) is 86.1 cm³/mol. The van der Waals surface area contributed by atoms with Crippen molar-refractivity contribution in [2.75, 3.05) is 29.4 Å². The van der Waals surface area contributed by atoms with Gasteiger partial charge in [-0.15, -0.1) is 0 Å². The smallest absolute Gasteiger partial charge is 0.229 e. The molecule has 2 aliphatic rings. The Balaban J connectivity index is 1.70. The van der Waals surface area contributed by atoms with Crippen molar-refractivity contribution in [3.05, 3.63) is 24.3 Å². The molecule has 2 fully saturated rings. The Hall–Kier alpha value is -1.27. The molecule has 0 radical (unpaired) electrons. The zero-order chi connectivity index (χ0) is 14.9. The van der Waals surface area contributed by atoms with Crippen LogP contribution in [0, 0.1) is 0 Å². The fourth-order valence-electron chi connectivity index (χ4n) is 3.47. The second kappa shape index (κ2) is 5.85. The highest BCUT2D eigenvalue weighted by Gasteiger charge is 2.31. The number of fused-ring (bicyclic) bond motifs is 1. The molecule has 6 heteroatoms. The summed E-state index contributed by atoms with van der Waals surface area (Å²) in [5.41, 5.74) is 1.51. The third-order valence-corrected chi connectivity index (χ3v) is 4.99. The van der Waals surface area contributed by atoms with Gasteiger partial charge in [0.05, 0.1) is 17.6 Å². The highest BCUT2D eigenvalue weighted by molar-refractivity contribution is 7.92. The lowest BCUT2D eigenvalue weighted by Gasteiger charge is -2.35. The van der Waals surface area contributed by atoms with Crippen LogP contribution in [-0.2, 0) is 10.0 Å². The van der Waals surface area contributed by atoms with E-state index in [9.17, 15) is 8.42 Å². The van der Waals surface area contributed by atoms with E-state index in [4.69, 9.17) is 0 Å². The summed E-state index contributed by atoms with van der Waals surface area (Å²) in [6, 6.07) is 8.64. The Bertz CT molecular complexity index is 603. The lowest BCUT2D eigenvalue weighted by atomic mass is 9.97. The van der Waals surface area contributed by atoms with Crippen LogP contribution in [0.2, 0.25) is 0 Å². The van der Waals surface area contributed by atoms with Crippen LogP contribution in [0.1, 0.15) is 25.7 Å². The maximum atomic E-state index is 11.4. The van der Waals surface area contributed by atoms with Crippen molar-refractivity contribution in [3.63, 3.8) is 0 Å². The second-order valence-electron chi connectivity index (χ2n) is 6.12. The van der Waals surface area contributed by atoms with Gasteiger partial charge >= 0.3 is 0 Å². The van der Waals surface area contributed by atoms with E-state index in [2.05, 4.69) is 14.9 Å². The topological polar surface area (TPSA) is 61.4 Å². The van der Waals surface area contributed by atoms with Gasteiger partial charge < -0.3 is 10.2 Å². The molecule has 0 amide bonds. The molecular formula is C15H23N3O2S. The van der Waals surface area contributed by atoms with Crippen molar-refractivity contribution in [3.8, 4) is 0 Å². The van der Waals surface area contributed by atoms with Crippen molar-refractivity contribution < 1.29 is 8.42 Å². The van der Waals surface area contributed by atoms with Gasteiger partial charge in [0.15, 0.2) is 0 Å². The fourth-order valence-corrected chi connectivity index (χ4v) is 4.05. The summed E-state index contributed by atoms with van der Waals surface area (Å²) < 4.78 is 25.5. The summed E-state index contributed by atoms with van der Waals surface area (Å²) in [6.07, 6.45) is 6.04. The molecular weight excluding hydrogens is 286 g/mol. The number of anilines is 2. The van der Waals surface area contributed by atoms with Gasteiger partial charge in [-0.1, -0.05) is 12.1 Å². The van der Waals surface area contributed by atoms with Gasteiger partial charge in [-0.05, 0) is 44.4 Å². The van der Waals surface area contributed by atoms with Crippen LogP contribution in [-0.4, -0.2) is 44.7 Å². The number of rotatable bonds is 4. The maximum Gasteiger partial charge on any atom is 0.229 e. The lowest BCUT2D eigenvalue weighted by molar-refractivity contribution is 0.188. The second-order valence-corrected chi connectivity index (χ2v) is 7.87. The largest absolute Gasteiger partial charge is 0.381 e. The molecule has 2 N–H and O–H groups in total. The van der Waals surface area contributed by atoms with Crippen molar-refractivity contribution in [2.24, 2.45) is 0 Å². The Morgan fingerprint density at radius 1 is 1.14 bits per heavy atom. The highest BCUT2D eigenvalue weighted by Crippen LogP contribution is 2.30. The summed E-state index contributed by atoms with van der Waals surface area (Å²) >= 11 is 0. The van der Waals surface area contributed by atoms with Crippen LogP contribution in [0.3, 0.4) is 0 Å². The number of sulfonamides is 1. The number of piperidine rings is 1. The first-order chi connectivity index (χ1) is 10.0. The zero-order valence-electron chi connectivity index (χ0n) is 12.4. The van der Waals surface area contributed by atoms with E-state index >= 15 is 0 Å². The molecule has 2 aliphatic heterocycles. The summed E-state index contributed by atoms with van der Waals surface area (Å²) in [5.74, 6) is 0. The van der Waals surface area contributed by atoms with Crippen molar-refractivity contribution >= 4 is 21.4 Å². The number of nitrogens with one attached hydrogen (secondary N) is 2. The van der Waals surface area contributed by atoms with Gasteiger partial charge in [0.2, 0.25) is 10.0 Å². The minimum atomic E-state index is -3.25. The van der Waals surface area contributed by atoms with E-state index in [1.165, 1.54) is 25.6 Å². The van der Waals surface area contributed by atoms with E-state index in [1.807, 2.05) is 18.2 Å². The molecule has 0 aromatic heterocycles. The van der Waals surface area contributed by atoms with Crippen molar-refractivity contribution in [1.29, 1.82) is 0 Å². The van der Waals surface area contributed by atoms with Gasteiger partial charge in [-0.25, -0.2) is 8.42 Å². The Morgan fingerprint density at radius 3 is 2.67 bits per heavy atom. The number of benzene rings is 1. The quantitative estimate of drug-likeness (QED) is 0.894. The first kappa shape index (κ1) is 14.7. The number of hydrogen-bond acceptors (Lipinski definition) is 4. The fraction of sp³-hybridized carbons (Fsp3) is 0.600. The third-order valence-electron chi connectivity index (χ3n) is 4.40. The minimum absolute atomic E-state index is 0.423. The first-order valence-electron chi connectivity index (χ1n) is 7.59. The van der Waals surface area contributed by atoms with Gasteiger partial charge in [0.25, 0.3) is 0 Å². The minimum Gasteiger partial charge on any atom is -0.381 e. The molecule has 0 saturated carbocycles. The van der Waals surface area contributed by atoms with Crippen LogP contribution in [0.15, 0.2) is 24.3 Å². The maximum absolute atomic E-state index is 11.4. The normalized spacial score (nSPS) is 26.3. The zero-order valence-corrected chi connectivity index (χ0v) is 13.2. The van der Waals surface area contributed by atoms with E-state index in [-0.39, 0.29) is 0 Å². The molecule has 0 spiro atoms. The predicted octanol–water partition coefficient (Wildman–Crippen LogP) is 2.10. The van der Waals surface area contributed by atoms with Crippen LogP contribution in [0.4, 0.5) is 11.4 Å². The number of nitrogens with zero attached hydrogens (tertiary/aromatic N) is 1. The molecule has 2 unspecified atom stereocenters. The molecule has 1 aromatic rings. The van der Waals surface area contributed by atoms with Crippen LogP contribution >= 0.6 is 0 Å². The van der Waals surface area contributed by atoms with Crippen LogP contribution in [0.5, 0.6) is 0 Å². The molecule has 2 heterocycles. The van der Waals surface area contributed by atoms with Crippen LogP contribution in [0.25, 0.3) is 0 Å².